The van der Waals surface area contributed by atoms with Crippen molar-refractivity contribution in [2.75, 3.05) is 18.4 Å². The first-order valence-electron chi connectivity index (χ1n) is 10.6. The van der Waals surface area contributed by atoms with Gasteiger partial charge in [0.05, 0.1) is 11.4 Å². The van der Waals surface area contributed by atoms with E-state index in [1.165, 1.54) is 4.31 Å². The van der Waals surface area contributed by atoms with Crippen LogP contribution in [0, 0.1) is 12.8 Å². The lowest BCUT2D eigenvalue weighted by Crippen LogP contribution is -2.41. The topological polar surface area (TPSA) is 84.3 Å². The molecule has 0 aliphatic carbocycles. The maximum Gasteiger partial charge on any atom is 0.243 e. The van der Waals surface area contributed by atoms with Gasteiger partial charge in [-0.1, -0.05) is 47.5 Å². The van der Waals surface area contributed by atoms with E-state index in [1.807, 2.05) is 6.92 Å². The highest BCUT2D eigenvalue weighted by Crippen LogP contribution is 2.27. The van der Waals surface area contributed by atoms with Crippen molar-refractivity contribution < 1.29 is 13.2 Å². The maximum atomic E-state index is 12.8. The first-order chi connectivity index (χ1) is 15.8. The van der Waals surface area contributed by atoms with Crippen molar-refractivity contribution in [2.24, 2.45) is 5.92 Å². The highest BCUT2D eigenvalue weighted by molar-refractivity contribution is 7.89. The van der Waals surface area contributed by atoms with Crippen molar-refractivity contribution >= 4 is 45.0 Å². The number of anilines is 1. The number of piperidine rings is 1. The molecular weight excluding hydrogens is 483 g/mol. The minimum absolute atomic E-state index is 0.160. The fourth-order valence-corrected chi connectivity index (χ4v) is 5.90. The standard InChI is InChI=1S/C23H24Cl2N4O3S/c1-16-14-22(27-29(16)15-19-20(24)8-5-9-21(19)25)26-23(30)17-10-12-28(13-11-17)33(31,32)18-6-3-2-4-7-18/h2-9,14,17H,10-13,15H2,1H3,(H,26,27,30). The van der Waals surface area contributed by atoms with Gasteiger partial charge >= 0.3 is 0 Å². The number of amides is 1. The van der Waals surface area contributed by atoms with Crippen LogP contribution in [0.4, 0.5) is 5.82 Å². The lowest BCUT2D eigenvalue weighted by Gasteiger charge is -2.30. The Balaban J connectivity index is 1.37. The number of nitrogens with zero attached hydrogens (tertiary/aromatic N) is 3. The van der Waals surface area contributed by atoms with E-state index in [4.69, 9.17) is 23.2 Å². The first kappa shape index (κ1) is 23.8. The molecule has 0 saturated carbocycles. The number of hydrogen-bond acceptors (Lipinski definition) is 4. The Morgan fingerprint density at radius 3 is 2.33 bits per heavy atom. The Labute approximate surface area is 203 Å². The normalized spacial score (nSPS) is 15.5. The summed E-state index contributed by atoms with van der Waals surface area (Å²) < 4.78 is 28.8. The number of carbonyl (C=O) groups excluding carboxylic acids is 1. The van der Waals surface area contributed by atoms with E-state index < -0.39 is 10.0 Å². The zero-order valence-corrected chi connectivity index (χ0v) is 20.4. The molecule has 0 unspecified atom stereocenters. The molecule has 4 rings (SSSR count). The minimum atomic E-state index is -3.54. The Hall–Kier alpha value is -2.39. The van der Waals surface area contributed by atoms with Gasteiger partial charge in [-0.05, 0) is 44.0 Å². The molecule has 1 N–H and O–H groups in total. The number of aromatic nitrogens is 2. The molecule has 1 amide bonds. The number of nitrogens with one attached hydrogen (secondary N) is 1. The molecule has 10 heteroatoms. The summed E-state index contributed by atoms with van der Waals surface area (Å²) in [7, 11) is -3.54. The SMILES string of the molecule is Cc1cc(NC(=O)C2CCN(S(=O)(=O)c3ccccc3)CC2)nn1Cc1c(Cl)cccc1Cl. The van der Waals surface area contributed by atoms with Gasteiger partial charge in [0.1, 0.15) is 0 Å². The fraction of sp³-hybridized carbons (Fsp3) is 0.304. The molecule has 1 aliphatic rings. The molecule has 1 aromatic heterocycles. The van der Waals surface area contributed by atoms with E-state index in [2.05, 4.69) is 10.4 Å². The van der Waals surface area contributed by atoms with Crippen LogP contribution in [-0.2, 0) is 21.4 Å². The molecule has 0 atom stereocenters. The zero-order chi connectivity index (χ0) is 23.6. The monoisotopic (exact) mass is 506 g/mol. The molecule has 3 aromatic rings. The second-order valence-corrected chi connectivity index (χ2v) is 10.8. The van der Waals surface area contributed by atoms with Crippen LogP contribution in [0.25, 0.3) is 0 Å². The molecule has 1 aliphatic heterocycles. The van der Waals surface area contributed by atoms with Gasteiger partial charge in [0.2, 0.25) is 15.9 Å². The zero-order valence-electron chi connectivity index (χ0n) is 18.0. The molecule has 0 radical (unpaired) electrons. The Morgan fingerprint density at radius 2 is 1.70 bits per heavy atom. The van der Waals surface area contributed by atoms with Gasteiger partial charge in [0.25, 0.3) is 0 Å². The molecule has 2 aromatic carbocycles. The first-order valence-corrected chi connectivity index (χ1v) is 12.8. The van der Waals surface area contributed by atoms with Crippen molar-refractivity contribution in [2.45, 2.75) is 31.2 Å². The van der Waals surface area contributed by atoms with Crippen molar-refractivity contribution in [3.63, 3.8) is 0 Å². The molecule has 0 spiro atoms. The fourth-order valence-electron chi connectivity index (χ4n) is 3.89. The Bertz CT molecular complexity index is 1230. The Kier molecular flexibility index (Phi) is 7.09. The third-order valence-corrected chi connectivity index (χ3v) is 8.43. The average molecular weight is 507 g/mol. The van der Waals surface area contributed by atoms with Gasteiger partial charge < -0.3 is 5.32 Å². The molecule has 174 valence electrons. The van der Waals surface area contributed by atoms with Gasteiger partial charge in [0.15, 0.2) is 5.82 Å². The van der Waals surface area contributed by atoms with E-state index in [0.29, 0.717) is 48.3 Å². The lowest BCUT2D eigenvalue weighted by molar-refractivity contribution is -0.120. The third-order valence-electron chi connectivity index (χ3n) is 5.81. The van der Waals surface area contributed by atoms with Crippen LogP contribution in [0.3, 0.4) is 0 Å². The summed E-state index contributed by atoms with van der Waals surface area (Å²) in [5.41, 5.74) is 1.61. The van der Waals surface area contributed by atoms with Gasteiger partial charge in [-0.15, -0.1) is 0 Å². The third kappa shape index (κ3) is 5.24. The summed E-state index contributed by atoms with van der Waals surface area (Å²) in [4.78, 5) is 13.1. The predicted octanol–water partition coefficient (Wildman–Crippen LogP) is 4.59. The molecule has 1 saturated heterocycles. The largest absolute Gasteiger partial charge is 0.309 e. The van der Waals surface area contributed by atoms with Crippen molar-refractivity contribution in [3.05, 3.63) is 75.9 Å². The van der Waals surface area contributed by atoms with Crippen LogP contribution in [0.15, 0.2) is 59.5 Å². The number of sulfonamides is 1. The quantitative estimate of drug-likeness (QED) is 0.529. The minimum Gasteiger partial charge on any atom is -0.309 e. The smallest absolute Gasteiger partial charge is 0.243 e. The summed E-state index contributed by atoms with van der Waals surface area (Å²) in [5.74, 6) is 0.00268. The summed E-state index contributed by atoms with van der Waals surface area (Å²) in [6, 6.07) is 15.5. The molecule has 33 heavy (non-hydrogen) atoms. The van der Waals surface area contributed by atoms with E-state index in [0.717, 1.165) is 11.3 Å². The number of carbonyl (C=O) groups is 1. The molecular formula is C23H24Cl2N4O3S. The summed E-state index contributed by atoms with van der Waals surface area (Å²) in [6.07, 6.45) is 0.902. The maximum absolute atomic E-state index is 12.8. The molecule has 1 fully saturated rings. The van der Waals surface area contributed by atoms with Crippen molar-refractivity contribution in [1.82, 2.24) is 14.1 Å². The molecule has 0 bridgehead atoms. The predicted molar refractivity (Wildman–Crippen MR) is 129 cm³/mol. The van der Waals surface area contributed by atoms with Gasteiger partial charge in [-0.25, -0.2) is 8.42 Å². The van der Waals surface area contributed by atoms with Crippen LogP contribution < -0.4 is 5.32 Å². The molecule has 2 heterocycles. The average Bonchev–Trinajstić information content (AvgIpc) is 3.15. The van der Waals surface area contributed by atoms with Gasteiger partial charge in [0, 0.05) is 46.4 Å². The van der Waals surface area contributed by atoms with E-state index >= 15 is 0 Å². The van der Waals surface area contributed by atoms with E-state index in [1.54, 1.807) is 59.3 Å². The number of benzene rings is 2. The summed E-state index contributed by atoms with van der Waals surface area (Å²) >= 11 is 12.5. The van der Waals surface area contributed by atoms with Crippen LogP contribution >= 0.6 is 23.2 Å². The van der Waals surface area contributed by atoms with Gasteiger partial charge in [-0.3, -0.25) is 9.48 Å². The molecule has 7 nitrogen and oxygen atoms in total. The van der Waals surface area contributed by atoms with Crippen LogP contribution in [0.1, 0.15) is 24.1 Å². The highest BCUT2D eigenvalue weighted by atomic mass is 35.5. The number of halogens is 2. The number of aryl methyl sites for hydroxylation is 1. The highest BCUT2D eigenvalue weighted by Gasteiger charge is 2.32. The number of rotatable bonds is 6. The van der Waals surface area contributed by atoms with Crippen molar-refractivity contribution in [1.29, 1.82) is 0 Å². The number of hydrogen-bond donors (Lipinski definition) is 1. The second kappa shape index (κ2) is 9.85. The summed E-state index contributed by atoms with van der Waals surface area (Å²) in [5, 5.41) is 8.46. The second-order valence-electron chi connectivity index (χ2n) is 8.01. The van der Waals surface area contributed by atoms with Crippen LogP contribution in [-0.4, -0.2) is 41.5 Å². The van der Waals surface area contributed by atoms with E-state index in [9.17, 15) is 13.2 Å². The van der Waals surface area contributed by atoms with Gasteiger partial charge in [-0.2, -0.15) is 9.40 Å². The van der Waals surface area contributed by atoms with E-state index in [-0.39, 0.29) is 16.7 Å². The van der Waals surface area contributed by atoms with Crippen LogP contribution in [0.5, 0.6) is 0 Å². The Morgan fingerprint density at radius 1 is 1.06 bits per heavy atom. The summed E-state index contributed by atoms with van der Waals surface area (Å²) in [6.45, 7) is 2.87. The van der Waals surface area contributed by atoms with Crippen LogP contribution in [0.2, 0.25) is 10.0 Å². The van der Waals surface area contributed by atoms with Crippen molar-refractivity contribution in [3.8, 4) is 0 Å². The lowest BCUT2D eigenvalue weighted by atomic mass is 9.97.